The fourth-order valence-corrected chi connectivity index (χ4v) is 2.89. The smallest absolute Gasteiger partial charge is 0.176 e. The van der Waals surface area contributed by atoms with Crippen molar-refractivity contribution in [2.45, 2.75) is 25.8 Å². The fourth-order valence-electron chi connectivity index (χ4n) is 2.76. The maximum atomic E-state index is 12.2. The van der Waals surface area contributed by atoms with E-state index in [-0.39, 0.29) is 5.78 Å². The summed E-state index contributed by atoms with van der Waals surface area (Å²) in [5, 5.41) is 0.668. The highest BCUT2D eigenvalue weighted by Gasteiger charge is 2.23. The molecule has 0 radical (unpaired) electrons. The van der Waals surface area contributed by atoms with Crippen LogP contribution in [0.1, 0.15) is 30.1 Å². The molecular formula is C16H23ClN2O. The van der Waals surface area contributed by atoms with Crippen LogP contribution < -0.4 is 0 Å². The van der Waals surface area contributed by atoms with E-state index in [1.807, 2.05) is 0 Å². The third-order valence-electron chi connectivity index (χ3n) is 4.19. The Balaban J connectivity index is 1.86. The molecule has 1 heterocycles. The number of hydrogen-bond acceptors (Lipinski definition) is 3. The average Bonchev–Trinajstić information content (AvgIpc) is 2.48. The third-order valence-corrected chi connectivity index (χ3v) is 4.44. The molecule has 1 aliphatic rings. The van der Waals surface area contributed by atoms with E-state index in [4.69, 9.17) is 11.6 Å². The van der Waals surface area contributed by atoms with Crippen LogP contribution in [-0.2, 0) is 0 Å². The van der Waals surface area contributed by atoms with Crippen LogP contribution in [-0.4, -0.2) is 54.9 Å². The van der Waals surface area contributed by atoms with Crippen molar-refractivity contribution in [3.8, 4) is 0 Å². The number of carbonyl (C=O) groups is 1. The van der Waals surface area contributed by atoms with Gasteiger partial charge in [-0.15, -0.1) is 0 Å². The number of carbonyl (C=O) groups excluding carboxylic acids is 1. The van der Waals surface area contributed by atoms with Crippen molar-refractivity contribution in [1.29, 1.82) is 0 Å². The molecule has 1 saturated heterocycles. The lowest BCUT2D eigenvalue weighted by atomic mass is 10.0. The van der Waals surface area contributed by atoms with E-state index in [0.29, 0.717) is 17.6 Å². The molecule has 0 aliphatic carbocycles. The van der Waals surface area contributed by atoms with Crippen LogP contribution in [0.5, 0.6) is 0 Å². The zero-order chi connectivity index (χ0) is 14.5. The standard InChI is InChI=1S/C16H23ClN2O/c1-3-19-10-8-15(9-11-19)18(2)12-16(20)13-4-6-14(17)7-5-13/h4-7,15H,3,8-12H2,1-2H3. The van der Waals surface area contributed by atoms with E-state index in [2.05, 4.69) is 23.8 Å². The first kappa shape index (κ1) is 15.5. The average molecular weight is 295 g/mol. The number of hydrogen-bond donors (Lipinski definition) is 0. The summed E-state index contributed by atoms with van der Waals surface area (Å²) in [6, 6.07) is 7.67. The second-order valence-electron chi connectivity index (χ2n) is 5.51. The van der Waals surface area contributed by atoms with E-state index >= 15 is 0 Å². The van der Waals surface area contributed by atoms with Crippen molar-refractivity contribution in [2.24, 2.45) is 0 Å². The number of Topliss-reactive ketones (excluding diaryl/α,β-unsaturated/α-hetero) is 1. The van der Waals surface area contributed by atoms with Gasteiger partial charge in [0.15, 0.2) is 5.78 Å². The molecule has 0 amide bonds. The van der Waals surface area contributed by atoms with Crippen LogP contribution in [0.4, 0.5) is 0 Å². The monoisotopic (exact) mass is 294 g/mol. The molecule has 0 saturated carbocycles. The van der Waals surface area contributed by atoms with Crippen LogP contribution in [0.15, 0.2) is 24.3 Å². The van der Waals surface area contributed by atoms with E-state index in [1.165, 1.54) is 0 Å². The zero-order valence-corrected chi connectivity index (χ0v) is 13.1. The second kappa shape index (κ2) is 7.21. The van der Waals surface area contributed by atoms with Gasteiger partial charge in [-0.1, -0.05) is 18.5 Å². The zero-order valence-electron chi connectivity index (χ0n) is 12.3. The van der Waals surface area contributed by atoms with E-state index in [0.717, 1.165) is 38.0 Å². The largest absolute Gasteiger partial charge is 0.303 e. The maximum absolute atomic E-state index is 12.2. The summed E-state index contributed by atoms with van der Waals surface area (Å²) in [7, 11) is 2.06. The number of benzene rings is 1. The Morgan fingerprint density at radius 3 is 2.45 bits per heavy atom. The lowest BCUT2D eigenvalue weighted by Crippen LogP contribution is -2.44. The summed E-state index contributed by atoms with van der Waals surface area (Å²) in [6.07, 6.45) is 2.30. The number of ketones is 1. The predicted octanol–water partition coefficient (Wildman–Crippen LogP) is 2.94. The molecule has 0 aromatic heterocycles. The summed E-state index contributed by atoms with van der Waals surface area (Å²) < 4.78 is 0. The molecule has 0 N–H and O–H groups in total. The molecule has 3 nitrogen and oxygen atoms in total. The van der Waals surface area contributed by atoms with E-state index in [1.54, 1.807) is 24.3 Å². The first-order valence-electron chi connectivity index (χ1n) is 7.31. The molecule has 2 rings (SSSR count). The number of nitrogens with zero attached hydrogens (tertiary/aromatic N) is 2. The Morgan fingerprint density at radius 1 is 1.30 bits per heavy atom. The lowest BCUT2D eigenvalue weighted by Gasteiger charge is -2.36. The quantitative estimate of drug-likeness (QED) is 0.780. The van der Waals surface area contributed by atoms with Gasteiger partial charge in [0.1, 0.15) is 0 Å². The molecule has 1 aliphatic heterocycles. The normalized spacial score (nSPS) is 17.6. The van der Waals surface area contributed by atoms with Gasteiger partial charge in [-0.25, -0.2) is 0 Å². The first-order valence-corrected chi connectivity index (χ1v) is 7.69. The minimum absolute atomic E-state index is 0.169. The van der Waals surface area contributed by atoms with Crippen molar-refractivity contribution in [3.05, 3.63) is 34.9 Å². The topological polar surface area (TPSA) is 23.6 Å². The Morgan fingerprint density at radius 2 is 1.90 bits per heavy atom. The minimum atomic E-state index is 0.169. The molecule has 1 aromatic carbocycles. The Labute approximate surface area is 126 Å². The number of rotatable bonds is 5. The van der Waals surface area contributed by atoms with Gasteiger partial charge in [-0.3, -0.25) is 9.69 Å². The molecule has 0 bridgehead atoms. The van der Waals surface area contributed by atoms with Gasteiger partial charge in [0.05, 0.1) is 6.54 Å². The molecule has 20 heavy (non-hydrogen) atoms. The van der Waals surface area contributed by atoms with Crippen molar-refractivity contribution in [2.75, 3.05) is 33.2 Å². The minimum Gasteiger partial charge on any atom is -0.303 e. The molecule has 1 aromatic rings. The van der Waals surface area contributed by atoms with Crippen LogP contribution in [0.3, 0.4) is 0 Å². The molecule has 0 unspecified atom stereocenters. The summed E-state index contributed by atoms with van der Waals surface area (Å²) in [4.78, 5) is 16.9. The van der Waals surface area contributed by atoms with Gasteiger partial charge >= 0.3 is 0 Å². The van der Waals surface area contributed by atoms with Gasteiger partial charge < -0.3 is 4.90 Å². The van der Waals surface area contributed by atoms with Crippen LogP contribution in [0.25, 0.3) is 0 Å². The fraction of sp³-hybridized carbons (Fsp3) is 0.562. The molecule has 110 valence electrons. The molecule has 0 atom stereocenters. The Kier molecular flexibility index (Phi) is 5.58. The van der Waals surface area contributed by atoms with Gasteiger partial charge in [0.2, 0.25) is 0 Å². The van der Waals surface area contributed by atoms with Gasteiger partial charge in [0.25, 0.3) is 0 Å². The Bertz CT molecular complexity index is 438. The maximum Gasteiger partial charge on any atom is 0.176 e. The molecule has 1 fully saturated rings. The van der Waals surface area contributed by atoms with E-state index in [9.17, 15) is 4.79 Å². The number of piperidine rings is 1. The van der Waals surface area contributed by atoms with Crippen molar-refractivity contribution < 1.29 is 4.79 Å². The van der Waals surface area contributed by atoms with Crippen molar-refractivity contribution in [1.82, 2.24) is 9.80 Å². The number of likely N-dealkylation sites (N-methyl/N-ethyl adjacent to an activating group) is 1. The van der Waals surface area contributed by atoms with Gasteiger partial charge in [-0.05, 0) is 63.8 Å². The summed E-state index contributed by atoms with van der Waals surface area (Å²) in [5.41, 5.74) is 0.743. The number of likely N-dealkylation sites (tertiary alicyclic amines) is 1. The van der Waals surface area contributed by atoms with Gasteiger partial charge in [0, 0.05) is 16.6 Å². The van der Waals surface area contributed by atoms with Crippen LogP contribution in [0.2, 0.25) is 5.02 Å². The highest BCUT2D eigenvalue weighted by Crippen LogP contribution is 2.16. The summed E-state index contributed by atoms with van der Waals surface area (Å²) in [6.45, 7) is 6.09. The lowest BCUT2D eigenvalue weighted by molar-refractivity contribution is 0.0858. The summed E-state index contributed by atoms with van der Waals surface area (Å²) >= 11 is 5.84. The predicted molar refractivity (Wildman–Crippen MR) is 83.5 cm³/mol. The third kappa shape index (κ3) is 4.05. The summed E-state index contributed by atoms with van der Waals surface area (Å²) in [5.74, 6) is 0.169. The van der Waals surface area contributed by atoms with Crippen LogP contribution in [0, 0.1) is 0 Å². The second-order valence-corrected chi connectivity index (χ2v) is 5.95. The van der Waals surface area contributed by atoms with Gasteiger partial charge in [-0.2, -0.15) is 0 Å². The number of halogens is 1. The SMILES string of the molecule is CCN1CCC(N(C)CC(=O)c2ccc(Cl)cc2)CC1. The molecular weight excluding hydrogens is 272 g/mol. The van der Waals surface area contributed by atoms with Crippen LogP contribution >= 0.6 is 11.6 Å². The Hall–Kier alpha value is -0.900. The van der Waals surface area contributed by atoms with Crippen molar-refractivity contribution >= 4 is 17.4 Å². The highest BCUT2D eigenvalue weighted by atomic mass is 35.5. The molecule has 4 heteroatoms. The highest BCUT2D eigenvalue weighted by molar-refractivity contribution is 6.30. The van der Waals surface area contributed by atoms with E-state index < -0.39 is 0 Å². The first-order chi connectivity index (χ1) is 9.60. The van der Waals surface area contributed by atoms with Crippen molar-refractivity contribution in [3.63, 3.8) is 0 Å². The molecule has 0 spiro atoms.